The molecule has 9 saturated heterocycles. The van der Waals surface area contributed by atoms with Crippen LogP contribution in [0.25, 0.3) is 0 Å². The number of amides is 1. The van der Waals surface area contributed by atoms with E-state index >= 15 is 0 Å². The SMILES string of the molecule is C.C.C.C.C.C.CC(C)C1CCC(=O)N1C(C)C.CC(C)C1CCCCN1C(C)C.CC(C)C1CCCN(C(C)C)C1.CC(C)C1CCCN(C(C)C)CC1.CC(C)C1CCCN1C(C)C.CC(C)C1CCN(C(C)C)C1.CC(C)C1CCN(C(C)C)CC1.CC(C)C1CN(C(C)C)CCO1.CC(C)C1COCCN1C(C)C.[B]B([B])[B].[B][B]B(B([B])[B])B([B])[B].[B][B]B([B])[B]. The molecule has 0 aromatic rings. The lowest BCUT2D eigenvalue weighted by Crippen LogP contribution is -2.55. The third-order valence-corrected chi connectivity index (χ3v) is 27.8. The Morgan fingerprint density at radius 1 is 0.298 bits per heavy atom. The summed E-state index contributed by atoms with van der Waals surface area (Å²) >= 11 is 0. The molecule has 0 saturated carbocycles. The maximum Gasteiger partial charge on any atom is 0.223 e. The Bertz CT molecular complexity index is 2300. The van der Waals surface area contributed by atoms with E-state index in [2.05, 4.69) is 312 Å². The molecule has 9 aliphatic heterocycles. The van der Waals surface area contributed by atoms with Gasteiger partial charge >= 0.3 is 0 Å². The molecule has 30 heteroatoms. The van der Waals surface area contributed by atoms with Crippen LogP contribution in [0.5, 0.6) is 0 Å². The Labute approximate surface area is 846 Å². The van der Waals surface area contributed by atoms with Gasteiger partial charge in [0.05, 0.1) is 25.9 Å². The fourth-order valence-electron chi connectivity index (χ4n) is 18.8. The number of likely N-dealkylation sites (tertiary alicyclic amines) is 7. The van der Waals surface area contributed by atoms with Crippen LogP contribution in [0.2, 0.25) is 0 Å². The van der Waals surface area contributed by atoms with E-state index in [1.807, 2.05) is 4.90 Å². The van der Waals surface area contributed by atoms with Crippen LogP contribution in [0.1, 0.15) is 390 Å². The topological polar surface area (TPSA) is 64.7 Å². The fraction of sp³-hybridized carbons (Fsp3) is 0.990. The average molecular weight is 1800 g/mol. The lowest BCUT2D eigenvalue weighted by atomic mass is 8.64. The molecule has 9 aliphatic rings. The predicted molar refractivity (Wildman–Crippen MR) is 617 cm³/mol. The number of piperidine rings is 3. The molecule has 8 unspecified atom stereocenters. The van der Waals surface area contributed by atoms with E-state index in [0.717, 1.165) is 160 Å². The van der Waals surface area contributed by atoms with Gasteiger partial charge in [0.25, 0.3) is 0 Å². The number of carbonyl (C=O) groups is 1. The third kappa shape index (κ3) is 66.7. The van der Waals surface area contributed by atoms with Crippen molar-refractivity contribution < 1.29 is 14.3 Å². The van der Waals surface area contributed by atoms with Gasteiger partial charge in [-0.25, -0.2) is 0 Å². The first-order chi connectivity index (χ1) is 58.1. The fourth-order valence-corrected chi connectivity index (χ4v) is 18.8. The van der Waals surface area contributed by atoms with Gasteiger partial charge in [0.15, 0.2) is 0 Å². The normalized spacial score (nSPS) is 22.4. The van der Waals surface area contributed by atoms with E-state index in [1.165, 1.54) is 163 Å². The van der Waals surface area contributed by atoms with Crippen molar-refractivity contribution in [3.8, 4) is 0 Å². The first-order valence-electron chi connectivity index (χ1n) is 51.4. The smallest absolute Gasteiger partial charge is 0.223 e. The molecule has 9 heterocycles. The van der Waals surface area contributed by atoms with E-state index in [0.29, 0.717) is 60.0 Å². The molecule has 742 valence electrons. The Morgan fingerprint density at radius 2 is 0.611 bits per heavy atom. The number of carbonyl (C=O) groups excluding carboxylic acids is 1. The number of rotatable bonds is 22. The first-order valence-corrected chi connectivity index (χ1v) is 51.4. The van der Waals surface area contributed by atoms with Crippen molar-refractivity contribution in [2.24, 2.45) is 76.9 Å². The number of hydrogen-bond acceptors (Lipinski definition) is 11. The highest BCUT2D eigenvalue weighted by Crippen LogP contribution is 2.32. The molecule has 0 spiro atoms. The zero-order chi connectivity index (χ0) is 97.0. The zero-order valence-corrected chi connectivity index (χ0v) is 89.7. The maximum atomic E-state index is 11.5. The first kappa shape index (κ1) is 149. The zero-order valence-electron chi connectivity index (χ0n) is 89.7. The summed E-state index contributed by atoms with van der Waals surface area (Å²) in [5.41, 5.74) is 0. The molecular weight excluding hydrogens is 1580 g/mol. The Morgan fingerprint density at radius 3 is 0.908 bits per heavy atom. The molecule has 12 nitrogen and oxygen atoms in total. The minimum atomic E-state index is -0.667. The van der Waals surface area contributed by atoms with Crippen molar-refractivity contribution in [1.82, 2.24) is 44.1 Å². The van der Waals surface area contributed by atoms with Gasteiger partial charge in [-0.15, -0.1) is 0 Å². The number of morpholine rings is 2. The summed E-state index contributed by atoms with van der Waals surface area (Å²) in [7, 11) is 57.3. The van der Waals surface area contributed by atoms with E-state index in [1.54, 1.807) is 0 Å². The molecule has 0 aromatic heterocycles. The second-order valence-electron chi connectivity index (χ2n) is 43.8. The van der Waals surface area contributed by atoms with Crippen LogP contribution < -0.4 is 0 Å². The Balaban J connectivity index is -0.000000178. The van der Waals surface area contributed by atoms with Gasteiger partial charge in [-0.05, 0) is 337 Å². The molecule has 9 fully saturated rings. The third-order valence-electron chi connectivity index (χ3n) is 27.8. The Hall–Kier alpha value is 0.239. The lowest BCUT2D eigenvalue weighted by Gasteiger charge is -2.40. The van der Waals surface area contributed by atoms with Crippen LogP contribution in [0.15, 0.2) is 0 Å². The molecular formula is C101H221B18N9O3. The molecule has 9 rings (SSSR count). The summed E-state index contributed by atoms with van der Waals surface area (Å²) in [6, 6.07) is 8.95. The highest BCUT2D eigenvalue weighted by molar-refractivity contribution is 7.93. The van der Waals surface area contributed by atoms with Crippen molar-refractivity contribution in [2.75, 3.05) is 105 Å². The maximum absolute atomic E-state index is 11.5. The van der Waals surface area contributed by atoms with Gasteiger partial charge < -0.3 is 34.0 Å². The number of hydrogen-bond donors (Lipinski definition) is 0. The van der Waals surface area contributed by atoms with Crippen LogP contribution in [0.3, 0.4) is 0 Å². The van der Waals surface area contributed by atoms with Crippen molar-refractivity contribution in [1.29, 1.82) is 0 Å². The standard InChI is InChI=1S/C12H25N.3C11H23N.2C10H21NO.C10H19NO.2C10H21N.6CH4.B9.B5.B4/c1-10(2)12-6-5-8-13(9-7-12)11(3)4;1-9(2)11-5-7-12(8-6-11)10(3)4;1-9(2)11-6-5-7-12(8-11)10(3)4;1-9(2)11-7-5-6-8-12(11)10(3)4;1-8(2)10-7-12-6-5-11(10)9(3)4;1-8(2)10-7-11(9(3)4)5-6-12-10;1-7(2)9-5-6-10(12)11(9)8(3)4;1-8(2)10-5-6-11(7-10)9(3)4;1-8(2)10-6-5-7-11(10)9(3)4;;;;;;;1-6-9(7(2)3)8(4)5;1-4-5(2)3;1-4(2)3/h10-12H,5-9H2,1-4H3;3*9-11H,5-8H2,1-4H3;2*8-10H,5-7H2,1-4H3;7-9H,5-6H2,1-4H3;2*8-10H,5-7H2,1-4H3;6*1H4;;;. The van der Waals surface area contributed by atoms with Gasteiger partial charge in [-0.3, -0.25) is 24.4 Å². The second-order valence-corrected chi connectivity index (χ2v) is 43.8. The van der Waals surface area contributed by atoms with Gasteiger partial charge in [-0.2, -0.15) is 0 Å². The summed E-state index contributed by atoms with van der Waals surface area (Å²) < 4.78 is 11.2. The Kier molecular flexibility index (Phi) is 95.2. The average Bonchev–Trinajstić information content (AvgIpc) is 1.64. The molecule has 1 amide bonds. The summed E-state index contributed by atoms with van der Waals surface area (Å²) in [5, 5.41) is 0. The van der Waals surface area contributed by atoms with Crippen molar-refractivity contribution >= 4 is 137 Å². The van der Waals surface area contributed by atoms with Crippen molar-refractivity contribution in [3.63, 3.8) is 0 Å². The summed E-state index contributed by atoms with van der Waals surface area (Å²) in [6.07, 6.45) is 18.1. The summed E-state index contributed by atoms with van der Waals surface area (Å²) in [6.45, 7) is 102. The van der Waals surface area contributed by atoms with Crippen LogP contribution in [-0.4, -0.2) is 371 Å². The summed E-state index contributed by atoms with van der Waals surface area (Å²) in [5.74, 6) is 11.3. The lowest BCUT2D eigenvalue weighted by molar-refractivity contribution is -0.131. The van der Waals surface area contributed by atoms with Crippen LogP contribution in [-0.2, 0) is 14.3 Å². The van der Waals surface area contributed by atoms with Crippen LogP contribution in [0.4, 0.5) is 0 Å². The van der Waals surface area contributed by atoms with Gasteiger partial charge in [0.2, 0.25) is 5.91 Å². The number of ether oxygens (including phenoxy) is 2. The molecule has 131 heavy (non-hydrogen) atoms. The van der Waals surface area contributed by atoms with E-state index < -0.39 is 25.5 Å². The summed E-state index contributed by atoms with van der Waals surface area (Å²) in [4.78, 5) is 34.3. The molecule has 24 radical (unpaired) electrons. The predicted octanol–water partition coefficient (Wildman–Crippen LogP) is 19.0. The molecule has 0 aliphatic carbocycles. The molecule has 0 aromatic carbocycles. The highest BCUT2D eigenvalue weighted by Gasteiger charge is 2.36. The largest absolute Gasteiger partial charge is 0.378 e. The number of nitrogens with zero attached hydrogens (tertiary/aromatic N) is 9. The molecule has 0 N–H and O–H groups in total. The molecule has 8 atom stereocenters. The van der Waals surface area contributed by atoms with Gasteiger partial charge in [0, 0.05) is 249 Å². The van der Waals surface area contributed by atoms with Crippen molar-refractivity contribution in [2.45, 2.75) is 475 Å². The van der Waals surface area contributed by atoms with E-state index in [4.69, 9.17) is 71.4 Å². The highest BCUT2D eigenvalue weighted by atomic mass is 16.5. The molecule has 0 bridgehead atoms. The quantitative estimate of drug-likeness (QED) is 0.0974. The van der Waals surface area contributed by atoms with E-state index in [-0.39, 0.29) is 50.9 Å². The van der Waals surface area contributed by atoms with Gasteiger partial charge in [0.1, 0.15) is 0 Å². The van der Waals surface area contributed by atoms with Crippen LogP contribution in [0, 0.1) is 76.9 Å². The van der Waals surface area contributed by atoms with E-state index in [9.17, 15) is 4.79 Å². The minimum absolute atomic E-state index is 0. The second kappa shape index (κ2) is 83.7. The monoisotopic (exact) mass is 1810 g/mol. The van der Waals surface area contributed by atoms with Crippen molar-refractivity contribution in [3.05, 3.63) is 0 Å². The van der Waals surface area contributed by atoms with Crippen LogP contribution >= 0.6 is 0 Å². The van der Waals surface area contributed by atoms with Gasteiger partial charge in [-0.1, -0.05) is 176 Å². The minimum Gasteiger partial charge on any atom is -0.378 e.